The first-order chi connectivity index (χ1) is 18.8. The number of sulfonamides is 1. The molecule has 0 atom stereocenters. The molecule has 3 rings (SSSR count). The summed E-state index contributed by atoms with van der Waals surface area (Å²) in [5, 5.41) is 0. The Morgan fingerprint density at radius 1 is 0.718 bits per heavy atom. The van der Waals surface area contributed by atoms with Crippen LogP contribution in [0.15, 0.2) is 72.8 Å². The number of nitrogens with zero attached hydrogens (tertiary/aromatic N) is 1. The van der Waals surface area contributed by atoms with Gasteiger partial charge in [-0.05, 0) is 79.1 Å². The molecule has 0 amide bonds. The Labute approximate surface area is 234 Å². The topological polar surface area (TPSA) is 63.7 Å². The van der Waals surface area contributed by atoms with Crippen LogP contribution in [0.5, 0.6) is 0 Å². The Kier molecular flexibility index (Phi) is 11.8. The molecule has 39 heavy (non-hydrogen) atoms. The van der Waals surface area contributed by atoms with Crippen molar-refractivity contribution in [2.24, 2.45) is 0 Å². The fraction of sp³-hybridized carbons (Fsp3) is 0.364. The number of hydrogen-bond donors (Lipinski definition) is 0. The lowest BCUT2D eigenvalue weighted by atomic mass is 10.1. The molecule has 0 radical (unpaired) electrons. The number of benzene rings is 3. The van der Waals surface area contributed by atoms with E-state index >= 15 is 0 Å². The number of esters is 1. The van der Waals surface area contributed by atoms with Gasteiger partial charge in [0.1, 0.15) is 0 Å². The van der Waals surface area contributed by atoms with Crippen LogP contribution in [0.25, 0.3) is 0 Å². The zero-order chi connectivity index (χ0) is 28.1. The second-order valence-electron chi connectivity index (χ2n) is 9.66. The fourth-order valence-corrected chi connectivity index (χ4v) is 5.22. The third-order valence-electron chi connectivity index (χ3n) is 6.65. The maximum absolute atomic E-state index is 12.9. The number of unbranched alkanes of at least 4 members (excludes halogenated alkanes) is 1. The largest absolute Gasteiger partial charge is 0.469 e. The Bertz CT molecular complexity index is 1350. The number of carbonyl (C=O) groups is 1. The van der Waals surface area contributed by atoms with Crippen LogP contribution in [-0.4, -0.2) is 31.6 Å². The van der Waals surface area contributed by atoms with Gasteiger partial charge in [0.05, 0.1) is 12.9 Å². The molecule has 5 nitrogen and oxygen atoms in total. The molecule has 0 unspecified atom stereocenters. The first-order valence-corrected chi connectivity index (χ1v) is 15.3. The van der Waals surface area contributed by atoms with Gasteiger partial charge in [0.15, 0.2) is 0 Å². The van der Waals surface area contributed by atoms with Crippen molar-refractivity contribution in [1.82, 2.24) is 4.31 Å². The number of ether oxygens (including phenoxy) is 1. The fourth-order valence-electron chi connectivity index (χ4n) is 4.17. The number of hydrogen-bond acceptors (Lipinski definition) is 4. The molecule has 0 bridgehead atoms. The molecule has 0 aliphatic carbocycles. The van der Waals surface area contributed by atoms with Crippen LogP contribution in [-0.2, 0) is 45.5 Å². The third-order valence-corrected chi connectivity index (χ3v) is 8.43. The van der Waals surface area contributed by atoms with Gasteiger partial charge in [-0.3, -0.25) is 4.79 Å². The molecule has 0 aliphatic heterocycles. The molecule has 3 aromatic rings. The molecule has 0 spiro atoms. The van der Waals surface area contributed by atoms with E-state index in [4.69, 9.17) is 0 Å². The van der Waals surface area contributed by atoms with E-state index in [1.165, 1.54) is 29.8 Å². The average molecular weight is 546 g/mol. The van der Waals surface area contributed by atoms with Crippen LogP contribution in [0.4, 0.5) is 0 Å². The molecule has 3 aromatic carbocycles. The highest BCUT2D eigenvalue weighted by molar-refractivity contribution is 7.89. The third kappa shape index (κ3) is 10.0. The zero-order valence-electron chi connectivity index (χ0n) is 23.3. The van der Waals surface area contributed by atoms with Crippen molar-refractivity contribution in [2.45, 2.75) is 65.5 Å². The summed E-state index contributed by atoms with van der Waals surface area (Å²) in [4.78, 5) is 11.3. The van der Waals surface area contributed by atoms with E-state index in [1.54, 1.807) is 6.92 Å². The van der Waals surface area contributed by atoms with E-state index in [2.05, 4.69) is 47.8 Å². The molecule has 0 heterocycles. The summed E-state index contributed by atoms with van der Waals surface area (Å²) < 4.78 is 32.0. The van der Waals surface area contributed by atoms with Crippen LogP contribution < -0.4 is 0 Å². The molecule has 0 fully saturated rings. The normalized spacial score (nSPS) is 11.2. The van der Waals surface area contributed by atoms with Gasteiger partial charge in [-0.1, -0.05) is 73.7 Å². The van der Waals surface area contributed by atoms with Crippen LogP contribution in [0.2, 0.25) is 0 Å². The van der Waals surface area contributed by atoms with Crippen molar-refractivity contribution in [3.8, 4) is 11.8 Å². The number of carbonyl (C=O) groups excluding carboxylic acids is 1. The van der Waals surface area contributed by atoms with E-state index in [1.807, 2.05) is 48.5 Å². The number of aryl methyl sites for hydroxylation is 2. The summed E-state index contributed by atoms with van der Waals surface area (Å²) in [6, 6.07) is 24.1. The van der Waals surface area contributed by atoms with E-state index in [0.29, 0.717) is 25.9 Å². The lowest BCUT2D eigenvalue weighted by Crippen LogP contribution is -2.31. The summed E-state index contributed by atoms with van der Waals surface area (Å²) in [6.45, 7) is 4.46. The zero-order valence-corrected chi connectivity index (χ0v) is 24.1. The van der Waals surface area contributed by atoms with Gasteiger partial charge in [-0.15, -0.1) is 0 Å². The quantitative estimate of drug-likeness (QED) is 0.187. The van der Waals surface area contributed by atoms with Gasteiger partial charge < -0.3 is 4.74 Å². The molecular weight excluding hydrogens is 506 g/mol. The van der Waals surface area contributed by atoms with Crippen LogP contribution in [0.1, 0.15) is 72.9 Å². The summed E-state index contributed by atoms with van der Waals surface area (Å²) >= 11 is 0. The van der Waals surface area contributed by atoms with Gasteiger partial charge >= 0.3 is 5.97 Å². The number of methoxy groups -OCH3 is 1. The smallest absolute Gasteiger partial charge is 0.305 e. The molecule has 206 valence electrons. The highest BCUT2D eigenvalue weighted by Crippen LogP contribution is 2.17. The Morgan fingerprint density at radius 2 is 1.15 bits per heavy atom. The van der Waals surface area contributed by atoms with Crippen molar-refractivity contribution in [3.63, 3.8) is 0 Å². The molecule has 0 aliphatic rings. The first-order valence-electron chi connectivity index (χ1n) is 13.6. The van der Waals surface area contributed by atoms with Gasteiger partial charge in [0, 0.05) is 30.6 Å². The summed E-state index contributed by atoms with van der Waals surface area (Å²) in [7, 11) is -2.01. The maximum Gasteiger partial charge on any atom is 0.305 e. The minimum Gasteiger partial charge on any atom is -0.469 e. The summed E-state index contributed by atoms with van der Waals surface area (Å²) in [5.74, 6) is 6.26. The van der Waals surface area contributed by atoms with Gasteiger partial charge in [0.25, 0.3) is 0 Å². The Balaban J connectivity index is 1.63. The van der Waals surface area contributed by atoms with E-state index in [0.717, 1.165) is 40.7 Å². The minimum absolute atomic E-state index is 0.0411. The maximum atomic E-state index is 12.9. The van der Waals surface area contributed by atoms with E-state index in [9.17, 15) is 13.2 Å². The standard InChI is InChI=1S/C33H39NO4S/c1-4-6-8-27-11-13-29(14-12-27)15-16-30-19-23-32(24-20-30)26-34(39(36,37)5-2)25-31-21-17-28(18-22-31)9-7-10-33(35)38-3/h11-14,17-24H,4-10,25-26H2,1-3H3. The molecule has 0 saturated heterocycles. The Morgan fingerprint density at radius 3 is 1.62 bits per heavy atom. The SMILES string of the molecule is CCCCc1ccc(C#Cc2ccc(CN(Cc3ccc(CCCC(=O)OC)cc3)S(=O)(=O)CC)cc2)cc1. The van der Waals surface area contributed by atoms with Crippen molar-refractivity contribution < 1.29 is 17.9 Å². The molecule has 0 saturated carbocycles. The minimum atomic E-state index is -3.41. The number of rotatable bonds is 13. The molecule has 0 aromatic heterocycles. The van der Waals surface area contributed by atoms with Gasteiger partial charge in [-0.2, -0.15) is 4.31 Å². The second-order valence-corrected chi connectivity index (χ2v) is 11.9. The van der Waals surface area contributed by atoms with Crippen molar-refractivity contribution >= 4 is 16.0 Å². The molecule has 0 N–H and O–H groups in total. The summed E-state index contributed by atoms with van der Waals surface area (Å²) in [5.41, 5.74) is 6.15. The van der Waals surface area contributed by atoms with E-state index in [-0.39, 0.29) is 11.7 Å². The summed E-state index contributed by atoms with van der Waals surface area (Å²) in [6.07, 6.45) is 5.35. The van der Waals surface area contributed by atoms with Gasteiger partial charge in [0.2, 0.25) is 10.0 Å². The lowest BCUT2D eigenvalue weighted by Gasteiger charge is -2.22. The Hall–Kier alpha value is -3.40. The average Bonchev–Trinajstić information content (AvgIpc) is 2.96. The van der Waals surface area contributed by atoms with E-state index < -0.39 is 10.0 Å². The lowest BCUT2D eigenvalue weighted by molar-refractivity contribution is -0.140. The van der Waals surface area contributed by atoms with Crippen molar-refractivity contribution in [1.29, 1.82) is 0 Å². The predicted octanol–water partition coefficient (Wildman–Crippen LogP) is 6.28. The van der Waals surface area contributed by atoms with Crippen molar-refractivity contribution in [3.05, 3.63) is 106 Å². The van der Waals surface area contributed by atoms with Gasteiger partial charge in [-0.25, -0.2) is 8.42 Å². The highest BCUT2D eigenvalue weighted by Gasteiger charge is 2.20. The van der Waals surface area contributed by atoms with Crippen LogP contribution >= 0.6 is 0 Å². The predicted molar refractivity (Wildman–Crippen MR) is 158 cm³/mol. The van der Waals surface area contributed by atoms with Crippen LogP contribution in [0.3, 0.4) is 0 Å². The van der Waals surface area contributed by atoms with Crippen LogP contribution in [0, 0.1) is 11.8 Å². The molecule has 6 heteroatoms. The second kappa shape index (κ2) is 15.3. The van der Waals surface area contributed by atoms with Crippen molar-refractivity contribution in [2.75, 3.05) is 12.9 Å². The molecular formula is C33H39NO4S. The highest BCUT2D eigenvalue weighted by atomic mass is 32.2. The monoisotopic (exact) mass is 545 g/mol. The first kappa shape index (κ1) is 30.1.